The summed E-state index contributed by atoms with van der Waals surface area (Å²) in [4.78, 5) is 28.7. The molecule has 3 heterocycles. The summed E-state index contributed by atoms with van der Waals surface area (Å²) in [6.07, 6.45) is -0.359. The van der Waals surface area contributed by atoms with E-state index in [9.17, 15) is 22.8 Å². The molecule has 0 amide bonds. The van der Waals surface area contributed by atoms with Crippen molar-refractivity contribution in [1.82, 2.24) is 14.3 Å². The van der Waals surface area contributed by atoms with Crippen LogP contribution in [0.3, 0.4) is 0 Å². The van der Waals surface area contributed by atoms with Gasteiger partial charge in [-0.25, -0.2) is 4.68 Å². The van der Waals surface area contributed by atoms with Crippen LogP contribution in [-0.4, -0.2) is 33.5 Å². The lowest BCUT2D eigenvalue weighted by molar-refractivity contribution is -0.138. The highest BCUT2D eigenvalue weighted by molar-refractivity contribution is 5.99. The zero-order valence-electron chi connectivity index (χ0n) is 20.4. The monoisotopic (exact) mass is 502 g/mol. The molecule has 0 radical (unpaired) electrons. The minimum Gasteiger partial charge on any atom is -0.365 e. The molecule has 2 aromatic heterocycles. The third kappa shape index (κ3) is 4.15. The number of hydrogen-bond acceptors (Lipinski definition) is 6. The minimum atomic E-state index is -4.47. The number of nitrogens with two attached hydrogens (primary N) is 1. The lowest BCUT2D eigenvalue weighted by atomic mass is 9.97. The van der Waals surface area contributed by atoms with Crippen molar-refractivity contribution in [3.63, 3.8) is 0 Å². The first-order valence-corrected chi connectivity index (χ1v) is 12.1. The zero-order valence-corrected chi connectivity index (χ0v) is 20.4. The van der Waals surface area contributed by atoms with Gasteiger partial charge in [-0.3, -0.25) is 9.59 Å². The largest absolute Gasteiger partial charge is 0.416 e. The van der Waals surface area contributed by atoms with Gasteiger partial charge in [0.15, 0.2) is 5.82 Å². The summed E-state index contributed by atoms with van der Waals surface area (Å²) in [6, 6.07) is 3.49. The van der Waals surface area contributed by atoms with E-state index in [1.54, 1.807) is 23.8 Å². The molecule has 11 heteroatoms. The van der Waals surface area contributed by atoms with Crippen LogP contribution in [0.15, 0.2) is 34.0 Å². The lowest BCUT2D eigenvalue weighted by Crippen LogP contribution is -2.35. The highest BCUT2D eigenvalue weighted by Crippen LogP contribution is 2.38. The van der Waals surface area contributed by atoms with Crippen LogP contribution >= 0.6 is 0 Å². The Bertz CT molecular complexity index is 1460. The molecule has 1 saturated carbocycles. The van der Waals surface area contributed by atoms with Crippen LogP contribution in [0.1, 0.15) is 55.0 Å². The van der Waals surface area contributed by atoms with Gasteiger partial charge < -0.3 is 20.5 Å². The van der Waals surface area contributed by atoms with Crippen molar-refractivity contribution in [2.24, 2.45) is 12.8 Å². The van der Waals surface area contributed by atoms with Crippen LogP contribution < -0.4 is 27.1 Å². The van der Waals surface area contributed by atoms with Gasteiger partial charge in [-0.15, -0.1) is 0 Å². The molecule has 3 aromatic rings. The maximum absolute atomic E-state index is 13.5. The number of benzene rings is 1. The molecular formula is C25H29F3N6O2. The first-order valence-electron chi connectivity index (χ1n) is 12.1. The van der Waals surface area contributed by atoms with E-state index in [-0.39, 0.29) is 28.6 Å². The number of halogens is 3. The maximum atomic E-state index is 13.5. The molecule has 1 aliphatic carbocycles. The van der Waals surface area contributed by atoms with Crippen LogP contribution in [0.4, 0.5) is 24.7 Å². The van der Waals surface area contributed by atoms with Crippen molar-refractivity contribution < 1.29 is 13.2 Å². The first-order chi connectivity index (χ1) is 17.0. The van der Waals surface area contributed by atoms with E-state index in [2.05, 4.69) is 10.4 Å². The molecule has 192 valence electrons. The van der Waals surface area contributed by atoms with Crippen LogP contribution in [0, 0.1) is 6.92 Å². The topological polar surface area (TPSA) is 98.2 Å². The Balaban J connectivity index is 1.67. The molecule has 3 N–H and O–H groups in total. The summed E-state index contributed by atoms with van der Waals surface area (Å²) in [6.45, 7) is 4.22. The number of rotatable bonds is 5. The van der Waals surface area contributed by atoms with Gasteiger partial charge in [-0.05, 0) is 50.3 Å². The van der Waals surface area contributed by atoms with Gasteiger partial charge in [-0.1, -0.05) is 12.1 Å². The zero-order chi connectivity index (χ0) is 25.9. The smallest absolute Gasteiger partial charge is 0.365 e. The van der Waals surface area contributed by atoms with Crippen molar-refractivity contribution >= 4 is 22.3 Å². The Morgan fingerprint density at radius 3 is 2.50 bits per heavy atom. The van der Waals surface area contributed by atoms with E-state index >= 15 is 0 Å². The average Bonchev–Trinajstić information content (AvgIpc) is 3.56. The van der Waals surface area contributed by atoms with E-state index in [4.69, 9.17) is 5.73 Å². The third-order valence-corrected chi connectivity index (χ3v) is 7.21. The number of hydrogen-bond donors (Lipinski definition) is 2. The normalized spacial score (nSPS) is 19.2. The van der Waals surface area contributed by atoms with E-state index in [1.165, 1.54) is 20.0 Å². The fourth-order valence-corrected chi connectivity index (χ4v) is 5.15. The predicted molar refractivity (Wildman–Crippen MR) is 133 cm³/mol. The second-order valence-electron chi connectivity index (χ2n) is 9.87. The number of nitrogens with zero attached hydrogens (tertiary/aromatic N) is 4. The van der Waals surface area contributed by atoms with Crippen LogP contribution in [0.5, 0.6) is 0 Å². The van der Waals surface area contributed by atoms with Crippen molar-refractivity contribution in [2.75, 3.05) is 23.3 Å². The summed E-state index contributed by atoms with van der Waals surface area (Å²) in [7, 11) is 1.50. The Kier molecular flexibility index (Phi) is 5.85. The van der Waals surface area contributed by atoms with Crippen molar-refractivity contribution in [3.8, 4) is 0 Å². The Morgan fingerprint density at radius 2 is 1.89 bits per heavy atom. The Labute approximate surface area is 205 Å². The van der Waals surface area contributed by atoms with E-state index < -0.39 is 23.3 Å². The molecule has 5 rings (SSSR count). The Morgan fingerprint density at radius 1 is 1.17 bits per heavy atom. The molecule has 36 heavy (non-hydrogen) atoms. The molecular weight excluding hydrogens is 473 g/mol. The summed E-state index contributed by atoms with van der Waals surface area (Å²) in [5, 5.41) is 8.36. The van der Waals surface area contributed by atoms with Gasteiger partial charge in [0.1, 0.15) is 5.69 Å². The summed E-state index contributed by atoms with van der Waals surface area (Å²) < 4.78 is 43.3. The quantitative estimate of drug-likeness (QED) is 0.555. The van der Waals surface area contributed by atoms with Gasteiger partial charge in [0, 0.05) is 38.4 Å². The standard InChI is InChI=1S/C25H29F3N6O2/c1-13-17(5-4-6-19(13)25(26,27)28)14(2)30-22-18-12-34(16-7-8-16)24(36)21(33-10-9-15(29)11-33)20(18)23(35)32(3)31-22/h4-6,12,14-16H,7-11,29H2,1-3H3,(H,30,31)/t14?,15-/m1/s1. The summed E-state index contributed by atoms with van der Waals surface area (Å²) in [5.74, 6) is 0.329. The molecule has 0 spiro atoms. The fraction of sp³-hybridized carbons (Fsp3) is 0.480. The van der Waals surface area contributed by atoms with Gasteiger partial charge in [-0.2, -0.15) is 18.3 Å². The molecule has 1 saturated heterocycles. The molecule has 8 nitrogen and oxygen atoms in total. The SMILES string of the molecule is Cc1c(C(C)Nc2nn(C)c(=O)c3c(N4CC[C@@H](N)C4)c(=O)n(C4CC4)cc23)cccc1C(F)(F)F. The number of alkyl halides is 3. The molecule has 1 unspecified atom stereocenters. The minimum absolute atomic E-state index is 0.0527. The van der Waals surface area contributed by atoms with Gasteiger partial charge in [0.05, 0.1) is 22.4 Å². The predicted octanol–water partition coefficient (Wildman–Crippen LogP) is 3.47. The molecule has 1 aromatic carbocycles. The third-order valence-electron chi connectivity index (χ3n) is 7.21. The molecule has 0 bridgehead atoms. The number of pyridine rings is 1. The van der Waals surface area contributed by atoms with Crippen molar-refractivity contribution in [2.45, 2.75) is 57.4 Å². The second kappa shape index (κ2) is 8.65. The van der Waals surface area contributed by atoms with Crippen molar-refractivity contribution in [1.29, 1.82) is 0 Å². The van der Waals surface area contributed by atoms with Crippen LogP contribution in [0.2, 0.25) is 0 Å². The van der Waals surface area contributed by atoms with E-state index in [1.807, 2.05) is 4.90 Å². The number of aryl methyl sites for hydroxylation is 1. The summed E-state index contributed by atoms with van der Waals surface area (Å²) in [5.41, 5.74) is 5.70. The number of aromatic nitrogens is 3. The second-order valence-corrected chi connectivity index (χ2v) is 9.87. The lowest BCUT2D eigenvalue weighted by Gasteiger charge is -2.24. The van der Waals surface area contributed by atoms with Crippen molar-refractivity contribution in [3.05, 3.63) is 61.8 Å². The summed E-state index contributed by atoms with van der Waals surface area (Å²) >= 11 is 0. The van der Waals surface area contributed by atoms with Crippen LogP contribution in [0.25, 0.3) is 10.8 Å². The molecule has 2 atom stereocenters. The highest BCUT2D eigenvalue weighted by Gasteiger charge is 2.34. The van der Waals surface area contributed by atoms with Gasteiger partial charge >= 0.3 is 6.18 Å². The fourth-order valence-electron chi connectivity index (χ4n) is 5.15. The van der Waals surface area contributed by atoms with Gasteiger partial charge in [0.25, 0.3) is 11.1 Å². The molecule has 2 aliphatic rings. The first kappa shape index (κ1) is 24.4. The molecule has 2 fully saturated rings. The number of anilines is 2. The highest BCUT2D eigenvalue weighted by atomic mass is 19.4. The average molecular weight is 503 g/mol. The van der Waals surface area contributed by atoms with Gasteiger partial charge in [0.2, 0.25) is 0 Å². The maximum Gasteiger partial charge on any atom is 0.416 e. The van der Waals surface area contributed by atoms with E-state index in [0.29, 0.717) is 42.0 Å². The number of nitrogens with one attached hydrogen (secondary N) is 1. The van der Waals surface area contributed by atoms with E-state index in [0.717, 1.165) is 23.6 Å². The Hall–Kier alpha value is -3.34. The number of fused-ring (bicyclic) bond motifs is 1. The molecule has 1 aliphatic heterocycles. The van der Waals surface area contributed by atoms with Crippen LogP contribution in [-0.2, 0) is 13.2 Å².